The number of rotatable bonds is 5. The quantitative estimate of drug-likeness (QED) is 0.735. The largest absolute Gasteiger partial charge is 0.378 e. The lowest BCUT2D eigenvalue weighted by molar-refractivity contribution is -0.0265. The highest BCUT2D eigenvalue weighted by Crippen LogP contribution is 2.32. The minimum absolute atomic E-state index is 0.267. The average molecular weight is 199 g/mol. The summed E-state index contributed by atoms with van der Waals surface area (Å²) in [4.78, 5) is 0. The molecule has 14 heavy (non-hydrogen) atoms. The zero-order valence-corrected chi connectivity index (χ0v) is 10.1. The van der Waals surface area contributed by atoms with Gasteiger partial charge in [0.2, 0.25) is 0 Å². The summed E-state index contributed by atoms with van der Waals surface area (Å²) < 4.78 is 5.53. The number of hydrogen-bond acceptors (Lipinski definition) is 2. The van der Waals surface area contributed by atoms with Gasteiger partial charge in [0.25, 0.3) is 0 Å². The number of nitrogens with one attached hydrogen (secondary N) is 1. The van der Waals surface area contributed by atoms with Gasteiger partial charge in [0.15, 0.2) is 0 Å². The van der Waals surface area contributed by atoms with Crippen molar-refractivity contribution in [3.05, 3.63) is 0 Å². The Bertz CT molecular complexity index is 156. The van der Waals surface area contributed by atoms with Crippen LogP contribution in [0.4, 0.5) is 0 Å². The summed E-state index contributed by atoms with van der Waals surface area (Å²) in [5.74, 6) is 0.904. The van der Waals surface area contributed by atoms with Gasteiger partial charge in [0, 0.05) is 12.1 Å². The monoisotopic (exact) mass is 199 g/mol. The molecule has 0 heterocycles. The van der Waals surface area contributed by atoms with E-state index in [1.54, 1.807) is 0 Å². The smallest absolute Gasteiger partial charge is 0.0580 e. The molecule has 1 fully saturated rings. The van der Waals surface area contributed by atoms with E-state index in [-0.39, 0.29) is 5.54 Å². The van der Waals surface area contributed by atoms with E-state index in [1.165, 1.54) is 19.3 Å². The van der Waals surface area contributed by atoms with Crippen LogP contribution in [-0.2, 0) is 4.74 Å². The van der Waals surface area contributed by atoms with Gasteiger partial charge in [-0.25, -0.2) is 0 Å². The molecule has 0 unspecified atom stereocenters. The van der Waals surface area contributed by atoms with E-state index in [4.69, 9.17) is 4.74 Å². The summed E-state index contributed by atoms with van der Waals surface area (Å²) in [5.41, 5.74) is 0.267. The Kier molecular flexibility index (Phi) is 4.39. The van der Waals surface area contributed by atoms with Gasteiger partial charge in [0.05, 0.1) is 6.10 Å². The first-order chi connectivity index (χ1) is 6.51. The van der Waals surface area contributed by atoms with E-state index in [0.717, 1.165) is 19.1 Å². The maximum absolute atomic E-state index is 5.53. The molecule has 1 rings (SSSR count). The normalized spacial score (nSPS) is 27.4. The Morgan fingerprint density at radius 3 is 2.43 bits per heavy atom. The van der Waals surface area contributed by atoms with Crippen molar-refractivity contribution >= 4 is 0 Å². The Morgan fingerprint density at radius 1 is 1.29 bits per heavy atom. The first-order valence-electron chi connectivity index (χ1n) is 5.88. The number of ether oxygens (including phenoxy) is 1. The molecule has 0 aromatic heterocycles. The van der Waals surface area contributed by atoms with Crippen LogP contribution in [0.3, 0.4) is 0 Å². The van der Waals surface area contributed by atoms with Crippen LogP contribution >= 0.6 is 0 Å². The fourth-order valence-electron chi connectivity index (χ4n) is 1.93. The Labute approximate surface area is 88.4 Å². The first-order valence-corrected chi connectivity index (χ1v) is 5.88. The Balaban J connectivity index is 1.96. The summed E-state index contributed by atoms with van der Waals surface area (Å²) in [5, 5.41) is 3.53. The molecule has 0 spiro atoms. The lowest BCUT2D eigenvalue weighted by Gasteiger charge is -2.35. The molecule has 1 aliphatic rings. The molecule has 0 aromatic rings. The highest BCUT2D eigenvalue weighted by atomic mass is 16.5. The molecule has 84 valence electrons. The summed E-state index contributed by atoms with van der Waals surface area (Å²) >= 11 is 0. The van der Waals surface area contributed by atoms with E-state index in [0.29, 0.717) is 6.10 Å². The van der Waals surface area contributed by atoms with E-state index in [9.17, 15) is 0 Å². The van der Waals surface area contributed by atoms with Crippen LogP contribution in [0.15, 0.2) is 0 Å². The second-order valence-corrected chi connectivity index (χ2v) is 5.38. The molecule has 0 amide bonds. The van der Waals surface area contributed by atoms with Crippen LogP contribution in [0.2, 0.25) is 0 Å². The van der Waals surface area contributed by atoms with Crippen molar-refractivity contribution in [3.8, 4) is 0 Å². The lowest BCUT2D eigenvalue weighted by atomic mass is 9.80. The van der Waals surface area contributed by atoms with E-state index in [1.807, 2.05) is 0 Å². The molecule has 1 N–H and O–H groups in total. The van der Waals surface area contributed by atoms with Crippen LogP contribution in [0.1, 0.15) is 47.0 Å². The summed E-state index contributed by atoms with van der Waals surface area (Å²) in [7, 11) is 0. The van der Waals surface area contributed by atoms with Crippen molar-refractivity contribution in [3.63, 3.8) is 0 Å². The van der Waals surface area contributed by atoms with Crippen molar-refractivity contribution in [1.82, 2.24) is 5.32 Å². The number of hydrogen-bond donors (Lipinski definition) is 1. The first kappa shape index (κ1) is 12.0. The topological polar surface area (TPSA) is 21.3 Å². The van der Waals surface area contributed by atoms with Gasteiger partial charge >= 0.3 is 0 Å². The molecular formula is C12H25NO. The SMILES string of the molecule is CCOC1CC(CCNC(C)(C)C)C1. The van der Waals surface area contributed by atoms with Crippen LogP contribution in [0.5, 0.6) is 0 Å². The fraction of sp³-hybridized carbons (Fsp3) is 1.00. The summed E-state index contributed by atoms with van der Waals surface area (Å²) in [6, 6.07) is 0. The third-order valence-electron chi connectivity index (χ3n) is 2.80. The van der Waals surface area contributed by atoms with Gasteiger partial charge in [0.1, 0.15) is 0 Å². The molecule has 0 radical (unpaired) electrons. The minimum atomic E-state index is 0.267. The molecule has 0 atom stereocenters. The third kappa shape index (κ3) is 4.43. The van der Waals surface area contributed by atoms with Gasteiger partial charge in [-0.3, -0.25) is 0 Å². The second-order valence-electron chi connectivity index (χ2n) is 5.38. The Hall–Kier alpha value is -0.0800. The average Bonchev–Trinajstić information content (AvgIpc) is 1.97. The molecule has 2 heteroatoms. The van der Waals surface area contributed by atoms with E-state index in [2.05, 4.69) is 33.0 Å². The van der Waals surface area contributed by atoms with Crippen molar-refractivity contribution in [2.75, 3.05) is 13.2 Å². The van der Waals surface area contributed by atoms with E-state index >= 15 is 0 Å². The van der Waals surface area contributed by atoms with Crippen molar-refractivity contribution < 1.29 is 4.74 Å². The van der Waals surface area contributed by atoms with Crippen molar-refractivity contribution in [1.29, 1.82) is 0 Å². The standard InChI is InChI=1S/C12H25NO/c1-5-14-11-8-10(9-11)6-7-13-12(2,3)4/h10-11,13H,5-9H2,1-4H3. The molecule has 1 aliphatic carbocycles. The van der Waals surface area contributed by atoms with Gasteiger partial charge in [-0.05, 0) is 59.4 Å². The highest BCUT2D eigenvalue weighted by Gasteiger charge is 2.28. The molecule has 0 aliphatic heterocycles. The molecule has 0 saturated heterocycles. The van der Waals surface area contributed by atoms with Gasteiger partial charge in [-0.15, -0.1) is 0 Å². The van der Waals surface area contributed by atoms with E-state index < -0.39 is 0 Å². The summed E-state index contributed by atoms with van der Waals surface area (Å²) in [6.45, 7) is 10.8. The van der Waals surface area contributed by atoms with Crippen molar-refractivity contribution in [2.24, 2.45) is 5.92 Å². The van der Waals surface area contributed by atoms with Gasteiger partial charge in [-0.2, -0.15) is 0 Å². The third-order valence-corrected chi connectivity index (χ3v) is 2.80. The Morgan fingerprint density at radius 2 is 1.93 bits per heavy atom. The zero-order valence-electron chi connectivity index (χ0n) is 10.1. The maximum atomic E-state index is 5.53. The highest BCUT2D eigenvalue weighted by molar-refractivity contribution is 4.81. The van der Waals surface area contributed by atoms with Crippen molar-refractivity contribution in [2.45, 2.75) is 58.6 Å². The zero-order chi connectivity index (χ0) is 10.6. The molecule has 1 saturated carbocycles. The second kappa shape index (κ2) is 5.13. The molecule has 2 nitrogen and oxygen atoms in total. The van der Waals surface area contributed by atoms with Crippen LogP contribution < -0.4 is 5.32 Å². The predicted octanol–water partition coefficient (Wildman–Crippen LogP) is 2.58. The lowest BCUT2D eigenvalue weighted by Crippen LogP contribution is -2.39. The van der Waals surface area contributed by atoms with Crippen LogP contribution in [0, 0.1) is 5.92 Å². The fourth-order valence-corrected chi connectivity index (χ4v) is 1.93. The predicted molar refractivity (Wildman–Crippen MR) is 60.5 cm³/mol. The van der Waals surface area contributed by atoms with Gasteiger partial charge < -0.3 is 10.1 Å². The molecule has 0 bridgehead atoms. The maximum Gasteiger partial charge on any atom is 0.0580 e. The molecule has 0 aromatic carbocycles. The molecular weight excluding hydrogens is 174 g/mol. The summed E-state index contributed by atoms with van der Waals surface area (Å²) in [6.07, 6.45) is 4.43. The van der Waals surface area contributed by atoms with Crippen LogP contribution in [0.25, 0.3) is 0 Å². The van der Waals surface area contributed by atoms with Crippen LogP contribution in [-0.4, -0.2) is 24.8 Å². The van der Waals surface area contributed by atoms with Gasteiger partial charge in [-0.1, -0.05) is 0 Å². The minimum Gasteiger partial charge on any atom is -0.378 e.